The summed E-state index contributed by atoms with van der Waals surface area (Å²) < 4.78 is 23.2. The van der Waals surface area contributed by atoms with Gasteiger partial charge in [-0.25, -0.2) is 0 Å². The van der Waals surface area contributed by atoms with Crippen LogP contribution in [0.3, 0.4) is 0 Å². The van der Waals surface area contributed by atoms with Crippen molar-refractivity contribution in [3.8, 4) is 0 Å². The second-order valence-corrected chi connectivity index (χ2v) is 6.17. The Morgan fingerprint density at radius 2 is 2.06 bits per heavy atom. The zero-order valence-electron chi connectivity index (χ0n) is 9.80. The van der Waals surface area contributed by atoms with Gasteiger partial charge in [0.05, 0.1) is 13.2 Å². The SMILES string of the molecule is CCOP(=O)(OCC)C(NC)c1cccs1. The van der Waals surface area contributed by atoms with E-state index in [-0.39, 0.29) is 5.78 Å². The van der Waals surface area contributed by atoms with Crippen molar-refractivity contribution < 1.29 is 13.6 Å². The predicted molar refractivity (Wildman–Crippen MR) is 67.0 cm³/mol. The van der Waals surface area contributed by atoms with Crippen LogP contribution in [0.2, 0.25) is 0 Å². The predicted octanol–water partition coefficient (Wildman–Crippen LogP) is 3.23. The Kier molecular flexibility index (Phi) is 5.66. The normalized spacial score (nSPS) is 13.9. The van der Waals surface area contributed by atoms with Gasteiger partial charge < -0.3 is 14.4 Å². The van der Waals surface area contributed by atoms with Crippen LogP contribution in [0.25, 0.3) is 0 Å². The van der Waals surface area contributed by atoms with Crippen LogP contribution in [0.15, 0.2) is 17.5 Å². The number of hydrogen-bond acceptors (Lipinski definition) is 5. The first-order chi connectivity index (χ1) is 7.68. The third-order valence-corrected chi connectivity index (χ3v) is 5.54. The average molecular weight is 263 g/mol. The van der Waals surface area contributed by atoms with E-state index < -0.39 is 7.60 Å². The monoisotopic (exact) mass is 263 g/mol. The first-order valence-electron chi connectivity index (χ1n) is 5.27. The Balaban J connectivity index is 2.94. The van der Waals surface area contributed by atoms with Crippen LogP contribution in [0.4, 0.5) is 0 Å². The Hall–Kier alpha value is -0.190. The molecule has 6 heteroatoms. The summed E-state index contributed by atoms with van der Waals surface area (Å²) in [5, 5.41) is 4.96. The fourth-order valence-corrected chi connectivity index (χ4v) is 4.54. The molecule has 92 valence electrons. The molecule has 0 aliphatic heterocycles. The van der Waals surface area contributed by atoms with Crippen molar-refractivity contribution in [2.75, 3.05) is 20.3 Å². The summed E-state index contributed by atoms with van der Waals surface area (Å²) in [4.78, 5) is 0.965. The minimum Gasteiger partial charge on any atom is -0.308 e. The van der Waals surface area contributed by atoms with Gasteiger partial charge in [-0.1, -0.05) is 6.07 Å². The zero-order valence-corrected chi connectivity index (χ0v) is 11.5. The topological polar surface area (TPSA) is 47.6 Å². The lowest BCUT2D eigenvalue weighted by atomic mass is 10.5. The Bertz CT molecular complexity index is 332. The molecule has 1 atom stereocenters. The van der Waals surface area contributed by atoms with E-state index in [2.05, 4.69) is 5.32 Å². The fourth-order valence-electron chi connectivity index (χ4n) is 1.45. The second kappa shape index (κ2) is 6.52. The maximum Gasteiger partial charge on any atom is 0.352 e. The molecule has 1 aromatic rings. The van der Waals surface area contributed by atoms with Gasteiger partial charge in [0, 0.05) is 4.88 Å². The molecule has 1 heterocycles. The maximum atomic E-state index is 12.5. The first kappa shape index (κ1) is 13.9. The highest BCUT2D eigenvalue weighted by Gasteiger charge is 2.36. The maximum absolute atomic E-state index is 12.5. The molecular formula is C10H18NO3PS. The van der Waals surface area contributed by atoms with Gasteiger partial charge in [0.1, 0.15) is 5.78 Å². The zero-order chi connectivity index (χ0) is 12.0. The van der Waals surface area contributed by atoms with E-state index in [1.54, 1.807) is 7.05 Å². The number of hydrogen-bond donors (Lipinski definition) is 1. The van der Waals surface area contributed by atoms with Crippen molar-refractivity contribution in [3.05, 3.63) is 22.4 Å². The summed E-state index contributed by atoms with van der Waals surface area (Å²) >= 11 is 1.54. The molecule has 1 unspecified atom stereocenters. The Morgan fingerprint density at radius 1 is 1.44 bits per heavy atom. The van der Waals surface area contributed by atoms with Crippen molar-refractivity contribution in [2.24, 2.45) is 0 Å². The van der Waals surface area contributed by atoms with Crippen molar-refractivity contribution in [2.45, 2.75) is 19.6 Å². The van der Waals surface area contributed by atoms with E-state index in [4.69, 9.17) is 9.05 Å². The van der Waals surface area contributed by atoms with E-state index in [1.807, 2.05) is 31.4 Å². The fraction of sp³-hybridized carbons (Fsp3) is 0.600. The van der Waals surface area contributed by atoms with Crippen molar-refractivity contribution in [1.29, 1.82) is 0 Å². The van der Waals surface area contributed by atoms with Crippen molar-refractivity contribution in [3.63, 3.8) is 0 Å². The van der Waals surface area contributed by atoms with Crippen LogP contribution >= 0.6 is 18.9 Å². The molecule has 0 aliphatic carbocycles. The molecule has 0 bridgehead atoms. The molecule has 0 aromatic carbocycles. The second-order valence-electron chi connectivity index (χ2n) is 3.08. The van der Waals surface area contributed by atoms with Crippen LogP contribution in [0.5, 0.6) is 0 Å². The van der Waals surface area contributed by atoms with E-state index in [0.717, 1.165) is 4.88 Å². The minimum atomic E-state index is -3.12. The molecule has 0 saturated carbocycles. The quantitative estimate of drug-likeness (QED) is 0.767. The molecular weight excluding hydrogens is 245 g/mol. The molecule has 0 radical (unpaired) electrons. The van der Waals surface area contributed by atoms with Gasteiger partial charge in [-0.3, -0.25) is 4.57 Å². The molecule has 16 heavy (non-hydrogen) atoms. The van der Waals surface area contributed by atoms with Crippen LogP contribution in [0, 0.1) is 0 Å². The summed E-state index contributed by atoms with van der Waals surface area (Å²) in [5.74, 6) is -0.382. The van der Waals surface area contributed by atoms with E-state index in [1.165, 1.54) is 11.3 Å². The molecule has 0 spiro atoms. The highest BCUT2D eigenvalue weighted by Crippen LogP contribution is 2.60. The third-order valence-electron chi connectivity index (χ3n) is 2.02. The molecule has 0 amide bonds. The van der Waals surface area contributed by atoms with Crippen LogP contribution < -0.4 is 5.32 Å². The van der Waals surface area contributed by atoms with Gasteiger partial charge in [-0.15, -0.1) is 11.3 Å². The first-order valence-corrected chi connectivity index (χ1v) is 7.76. The van der Waals surface area contributed by atoms with Gasteiger partial charge >= 0.3 is 7.60 Å². The van der Waals surface area contributed by atoms with E-state index in [9.17, 15) is 4.57 Å². The minimum absolute atomic E-state index is 0.376. The van der Waals surface area contributed by atoms with Crippen molar-refractivity contribution in [1.82, 2.24) is 5.32 Å². The largest absolute Gasteiger partial charge is 0.352 e. The van der Waals surface area contributed by atoms with Gasteiger partial charge in [0.25, 0.3) is 0 Å². The highest BCUT2D eigenvalue weighted by atomic mass is 32.1. The molecule has 0 saturated heterocycles. The van der Waals surface area contributed by atoms with Crippen molar-refractivity contribution >= 4 is 18.9 Å². The number of rotatable bonds is 7. The van der Waals surface area contributed by atoms with Crippen LogP contribution in [-0.2, 0) is 13.6 Å². The molecule has 4 nitrogen and oxygen atoms in total. The smallest absolute Gasteiger partial charge is 0.308 e. The summed E-state index contributed by atoms with van der Waals surface area (Å²) in [6.45, 7) is 4.38. The van der Waals surface area contributed by atoms with Crippen LogP contribution in [-0.4, -0.2) is 20.3 Å². The van der Waals surface area contributed by atoms with Gasteiger partial charge in [-0.2, -0.15) is 0 Å². The summed E-state index contributed by atoms with van der Waals surface area (Å²) in [5.41, 5.74) is 0. The highest BCUT2D eigenvalue weighted by molar-refractivity contribution is 7.54. The average Bonchev–Trinajstić information content (AvgIpc) is 2.72. The Morgan fingerprint density at radius 3 is 2.44 bits per heavy atom. The van der Waals surface area contributed by atoms with E-state index in [0.29, 0.717) is 13.2 Å². The molecule has 1 aromatic heterocycles. The molecule has 1 rings (SSSR count). The molecule has 1 N–H and O–H groups in total. The number of thiophene rings is 1. The standard InChI is InChI=1S/C10H18NO3PS/c1-4-13-15(12,14-5-2)10(11-3)9-7-6-8-16-9/h6-8,10-11H,4-5H2,1-3H3. The third kappa shape index (κ3) is 3.15. The summed E-state index contributed by atoms with van der Waals surface area (Å²) in [6.07, 6.45) is 0. The Labute approximate surface area is 101 Å². The van der Waals surface area contributed by atoms with Gasteiger partial charge in [0.15, 0.2) is 0 Å². The lowest BCUT2D eigenvalue weighted by Crippen LogP contribution is -2.18. The number of nitrogens with one attached hydrogen (secondary N) is 1. The molecule has 0 fully saturated rings. The van der Waals surface area contributed by atoms with E-state index >= 15 is 0 Å². The summed E-state index contributed by atoms with van der Waals surface area (Å²) in [7, 11) is -1.36. The lowest BCUT2D eigenvalue weighted by Gasteiger charge is -2.24. The van der Waals surface area contributed by atoms with Gasteiger partial charge in [0.2, 0.25) is 0 Å². The summed E-state index contributed by atoms with van der Waals surface area (Å²) in [6, 6.07) is 3.85. The van der Waals surface area contributed by atoms with Crippen LogP contribution in [0.1, 0.15) is 24.5 Å². The van der Waals surface area contributed by atoms with Gasteiger partial charge in [-0.05, 0) is 32.3 Å². The lowest BCUT2D eigenvalue weighted by molar-refractivity contribution is 0.209. The molecule has 0 aliphatic rings.